The molecule has 78 valence electrons. The minimum Gasteiger partial charge on any atom is -0.391 e. The Hall–Kier alpha value is -1.68. The van der Waals surface area contributed by atoms with Crippen LogP contribution in [-0.2, 0) is 6.54 Å². The van der Waals surface area contributed by atoms with Gasteiger partial charge in [0, 0.05) is 5.56 Å². The van der Waals surface area contributed by atoms with Crippen molar-refractivity contribution >= 4 is 0 Å². The molecule has 0 saturated carbocycles. The van der Waals surface area contributed by atoms with Crippen LogP contribution in [0.2, 0.25) is 0 Å². The monoisotopic (exact) mass is 203 g/mol. The van der Waals surface area contributed by atoms with Crippen molar-refractivity contribution in [2.24, 2.45) is 0 Å². The fraction of sp³-hybridized carbons (Fsp3) is 0.273. The molecule has 1 unspecified atom stereocenters. The van der Waals surface area contributed by atoms with E-state index >= 15 is 0 Å². The zero-order chi connectivity index (χ0) is 10.7. The normalized spacial score (nSPS) is 12.7. The lowest BCUT2D eigenvalue weighted by Crippen LogP contribution is -2.11. The lowest BCUT2D eigenvalue weighted by atomic mass is 10.2. The van der Waals surface area contributed by atoms with Gasteiger partial charge >= 0.3 is 0 Å². The molecule has 0 fully saturated rings. The first kappa shape index (κ1) is 9.86. The summed E-state index contributed by atoms with van der Waals surface area (Å²) in [6.07, 6.45) is 1.43. The minimum absolute atomic E-state index is 0.407. The summed E-state index contributed by atoms with van der Waals surface area (Å²) in [4.78, 5) is 0. The highest BCUT2D eigenvalue weighted by molar-refractivity contribution is 5.56. The smallest absolute Gasteiger partial charge is 0.113 e. The van der Waals surface area contributed by atoms with E-state index in [0.29, 0.717) is 6.54 Å². The molecule has 1 atom stereocenters. The molecule has 0 aliphatic heterocycles. The van der Waals surface area contributed by atoms with Gasteiger partial charge in [-0.3, -0.25) is 0 Å². The molecular weight excluding hydrogens is 190 g/mol. The lowest BCUT2D eigenvalue weighted by Gasteiger charge is -2.01. The van der Waals surface area contributed by atoms with Crippen molar-refractivity contribution < 1.29 is 5.11 Å². The SMILES string of the molecule is CC(O)Cn1cc(-c2ccccc2)nn1. The van der Waals surface area contributed by atoms with E-state index in [1.165, 1.54) is 0 Å². The second-order valence-electron chi connectivity index (χ2n) is 3.54. The molecule has 15 heavy (non-hydrogen) atoms. The minimum atomic E-state index is -0.407. The maximum absolute atomic E-state index is 9.20. The van der Waals surface area contributed by atoms with Gasteiger partial charge in [0.25, 0.3) is 0 Å². The van der Waals surface area contributed by atoms with Crippen LogP contribution in [0.4, 0.5) is 0 Å². The third-order valence-corrected chi connectivity index (χ3v) is 2.06. The van der Waals surface area contributed by atoms with Crippen molar-refractivity contribution in [3.8, 4) is 11.3 Å². The van der Waals surface area contributed by atoms with Crippen molar-refractivity contribution in [2.75, 3.05) is 0 Å². The van der Waals surface area contributed by atoms with Crippen LogP contribution in [0.3, 0.4) is 0 Å². The van der Waals surface area contributed by atoms with Gasteiger partial charge in [-0.2, -0.15) is 0 Å². The first-order valence-corrected chi connectivity index (χ1v) is 4.89. The van der Waals surface area contributed by atoms with Gasteiger partial charge in [0.1, 0.15) is 5.69 Å². The molecule has 0 bridgehead atoms. The van der Waals surface area contributed by atoms with Crippen molar-refractivity contribution in [3.63, 3.8) is 0 Å². The maximum atomic E-state index is 9.20. The number of hydrogen-bond acceptors (Lipinski definition) is 3. The average molecular weight is 203 g/mol. The summed E-state index contributed by atoms with van der Waals surface area (Å²) in [6.45, 7) is 2.20. The maximum Gasteiger partial charge on any atom is 0.113 e. The van der Waals surface area contributed by atoms with Crippen molar-refractivity contribution in [1.29, 1.82) is 0 Å². The molecule has 2 rings (SSSR count). The van der Waals surface area contributed by atoms with Crippen LogP contribution in [0.15, 0.2) is 36.5 Å². The lowest BCUT2D eigenvalue weighted by molar-refractivity contribution is 0.167. The molecular formula is C11H13N3O. The molecule has 4 heteroatoms. The number of aliphatic hydroxyl groups excluding tert-OH is 1. The highest BCUT2D eigenvalue weighted by Crippen LogP contribution is 2.14. The second-order valence-corrected chi connectivity index (χ2v) is 3.54. The summed E-state index contributed by atoms with van der Waals surface area (Å²) < 4.78 is 1.65. The van der Waals surface area contributed by atoms with Crippen LogP contribution in [0.5, 0.6) is 0 Å². The summed E-state index contributed by atoms with van der Waals surface area (Å²) in [5.74, 6) is 0. The number of rotatable bonds is 3. The van der Waals surface area contributed by atoms with E-state index in [4.69, 9.17) is 0 Å². The Bertz CT molecular complexity index is 422. The van der Waals surface area contributed by atoms with Gasteiger partial charge in [0.15, 0.2) is 0 Å². The van der Waals surface area contributed by atoms with Crippen LogP contribution in [0.1, 0.15) is 6.92 Å². The standard InChI is InChI=1S/C11H13N3O/c1-9(15)7-14-8-11(12-13-14)10-5-3-2-4-6-10/h2-6,8-9,15H,7H2,1H3. The predicted octanol–water partition coefficient (Wildman–Crippen LogP) is 1.33. The van der Waals surface area contributed by atoms with Gasteiger partial charge in [-0.1, -0.05) is 35.5 Å². The van der Waals surface area contributed by atoms with Gasteiger partial charge in [-0.05, 0) is 6.92 Å². The molecule has 1 aromatic carbocycles. The summed E-state index contributed by atoms with van der Waals surface area (Å²) in [7, 11) is 0. The molecule has 2 aromatic rings. The molecule has 1 aromatic heterocycles. The molecule has 0 amide bonds. The predicted molar refractivity (Wildman–Crippen MR) is 57.1 cm³/mol. The number of benzene rings is 1. The molecule has 0 aliphatic rings. The molecule has 1 heterocycles. The van der Waals surface area contributed by atoms with E-state index in [9.17, 15) is 5.11 Å². The van der Waals surface area contributed by atoms with Crippen LogP contribution in [-0.4, -0.2) is 26.2 Å². The summed E-state index contributed by atoms with van der Waals surface area (Å²) in [6, 6.07) is 9.85. The van der Waals surface area contributed by atoms with E-state index in [-0.39, 0.29) is 0 Å². The highest BCUT2D eigenvalue weighted by atomic mass is 16.3. The largest absolute Gasteiger partial charge is 0.391 e. The first-order valence-electron chi connectivity index (χ1n) is 4.89. The van der Waals surface area contributed by atoms with Gasteiger partial charge in [0.2, 0.25) is 0 Å². The number of aromatic nitrogens is 3. The van der Waals surface area contributed by atoms with Crippen LogP contribution in [0.25, 0.3) is 11.3 Å². The Morgan fingerprint density at radius 3 is 2.73 bits per heavy atom. The molecule has 4 nitrogen and oxygen atoms in total. The van der Waals surface area contributed by atoms with Crippen LogP contribution < -0.4 is 0 Å². The van der Waals surface area contributed by atoms with E-state index in [1.54, 1.807) is 11.6 Å². The summed E-state index contributed by atoms with van der Waals surface area (Å²) >= 11 is 0. The van der Waals surface area contributed by atoms with Gasteiger partial charge in [-0.25, -0.2) is 4.68 Å². The van der Waals surface area contributed by atoms with Crippen molar-refractivity contribution in [1.82, 2.24) is 15.0 Å². The summed E-state index contributed by atoms with van der Waals surface area (Å²) in [5, 5.41) is 17.2. The zero-order valence-corrected chi connectivity index (χ0v) is 8.54. The molecule has 0 aliphatic carbocycles. The Labute approximate surface area is 88.2 Å². The average Bonchev–Trinajstić information content (AvgIpc) is 2.67. The Kier molecular flexibility index (Phi) is 2.78. The van der Waals surface area contributed by atoms with Gasteiger partial charge in [-0.15, -0.1) is 5.10 Å². The van der Waals surface area contributed by atoms with E-state index < -0.39 is 6.10 Å². The Morgan fingerprint density at radius 1 is 1.33 bits per heavy atom. The fourth-order valence-electron chi connectivity index (χ4n) is 1.40. The topological polar surface area (TPSA) is 50.9 Å². The van der Waals surface area contributed by atoms with Gasteiger partial charge in [0.05, 0.1) is 18.8 Å². The third-order valence-electron chi connectivity index (χ3n) is 2.06. The van der Waals surface area contributed by atoms with Crippen molar-refractivity contribution in [2.45, 2.75) is 19.6 Å². The first-order chi connectivity index (χ1) is 7.25. The second kappa shape index (κ2) is 4.23. The van der Waals surface area contributed by atoms with Crippen LogP contribution >= 0.6 is 0 Å². The zero-order valence-electron chi connectivity index (χ0n) is 8.54. The summed E-state index contributed by atoms with van der Waals surface area (Å²) in [5.41, 5.74) is 1.87. The molecule has 0 spiro atoms. The Morgan fingerprint density at radius 2 is 2.07 bits per heavy atom. The van der Waals surface area contributed by atoms with Crippen molar-refractivity contribution in [3.05, 3.63) is 36.5 Å². The quantitative estimate of drug-likeness (QED) is 0.818. The van der Waals surface area contributed by atoms with E-state index in [2.05, 4.69) is 10.3 Å². The third kappa shape index (κ3) is 2.41. The molecule has 0 radical (unpaired) electrons. The highest BCUT2D eigenvalue weighted by Gasteiger charge is 2.04. The molecule has 1 N–H and O–H groups in total. The van der Waals surface area contributed by atoms with Gasteiger partial charge < -0.3 is 5.11 Å². The Balaban J connectivity index is 2.21. The fourth-order valence-corrected chi connectivity index (χ4v) is 1.40. The molecule has 0 saturated heterocycles. The number of nitrogens with zero attached hydrogens (tertiary/aromatic N) is 3. The van der Waals surface area contributed by atoms with E-state index in [1.807, 2.05) is 36.5 Å². The number of aliphatic hydroxyl groups is 1. The number of hydrogen-bond donors (Lipinski definition) is 1. The van der Waals surface area contributed by atoms with Crippen LogP contribution in [0, 0.1) is 0 Å². The van der Waals surface area contributed by atoms with E-state index in [0.717, 1.165) is 11.3 Å².